The maximum absolute atomic E-state index is 5.81. The Morgan fingerprint density at radius 1 is 1.25 bits per heavy atom. The lowest BCUT2D eigenvalue weighted by Gasteiger charge is -2.26. The Bertz CT molecular complexity index is 350. The van der Waals surface area contributed by atoms with Gasteiger partial charge >= 0.3 is 0 Å². The Balaban J connectivity index is 2.63. The van der Waals surface area contributed by atoms with Gasteiger partial charge in [-0.15, -0.1) is 0 Å². The van der Waals surface area contributed by atoms with Gasteiger partial charge in [0.25, 0.3) is 0 Å². The number of nitrogens with two attached hydrogens (primary N) is 1. The Labute approximate surface area is 99.5 Å². The third-order valence-corrected chi connectivity index (χ3v) is 2.53. The second-order valence-electron chi connectivity index (χ2n) is 5.92. The highest BCUT2D eigenvalue weighted by Crippen LogP contribution is 2.17. The first-order valence-corrected chi connectivity index (χ1v) is 5.81. The van der Waals surface area contributed by atoms with Gasteiger partial charge in [-0.2, -0.15) is 0 Å². The second kappa shape index (κ2) is 4.88. The Morgan fingerprint density at radius 3 is 2.38 bits per heavy atom. The molecule has 0 radical (unpaired) electrons. The molecule has 0 saturated heterocycles. The number of nitrogen functional groups attached to an aromatic ring is 1. The number of hydrogen-bond acceptors (Lipinski definition) is 2. The van der Waals surface area contributed by atoms with Crippen LogP contribution in [0.2, 0.25) is 0 Å². The molecule has 0 bridgehead atoms. The molecule has 1 rings (SSSR count). The molecule has 2 heteroatoms. The zero-order valence-corrected chi connectivity index (χ0v) is 11.2. The van der Waals surface area contributed by atoms with E-state index in [1.807, 2.05) is 6.07 Å². The molecule has 0 heterocycles. The lowest BCUT2D eigenvalue weighted by Crippen LogP contribution is -2.28. The smallest absolute Gasteiger partial charge is 0.0343 e. The Kier molecular flexibility index (Phi) is 3.98. The van der Waals surface area contributed by atoms with Crippen LogP contribution in [0.1, 0.15) is 31.9 Å². The molecule has 0 saturated carbocycles. The molecule has 90 valence electrons. The molecular formula is C14H24N2. The van der Waals surface area contributed by atoms with Crippen LogP contribution in [0, 0.1) is 12.3 Å². The number of hydrogen-bond donors (Lipinski definition) is 1. The first-order valence-electron chi connectivity index (χ1n) is 5.81. The number of anilines is 1. The van der Waals surface area contributed by atoms with Crippen molar-refractivity contribution in [2.75, 3.05) is 19.3 Å². The zero-order valence-electron chi connectivity index (χ0n) is 11.2. The molecule has 0 spiro atoms. The molecule has 0 amide bonds. The molecular weight excluding hydrogens is 196 g/mol. The molecule has 1 aromatic rings. The van der Waals surface area contributed by atoms with E-state index >= 15 is 0 Å². The highest BCUT2D eigenvalue weighted by atomic mass is 15.1. The van der Waals surface area contributed by atoms with E-state index in [0.29, 0.717) is 5.41 Å². The van der Waals surface area contributed by atoms with Crippen molar-refractivity contribution in [3.63, 3.8) is 0 Å². The molecule has 0 fully saturated rings. The summed E-state index contributed by atoms with van der Waals surface area (Å²) in [6, 6.07) is 6.28. The predicted octanol–water partition coefficient (Wildman–Crippen LogP) is 3.06. The van der Waals surface area contributed by atoms with Crippen LogP contribution in [-0.2, 0) is 6.54 Å². The minimum absolute atomic E-state index is 0.345. The lowest BCUT2D eigenvalue weighted by molar-refractivity contribution is 0.221. The van der Waals surface area contributed by atoms with Crippen molar-refractivity contribution in [2.45, 2.75) is 34.2 Å². The summed E-state index contributed by atoms with van der Waals surface area (Å²) in [4.78, 5) is 2.35. The third kappa shape index (κ3) is 4.23. The summed E-state index contributed by atoms with van der Waals surface area (Å²) in [5, 5.41) is 0. The number of nitrogens with zero attached hydrogens (tertiary/aromatic N) is 1. The van der Waals surface area contributed by atoms with E-state index in [2.05, 4.69) is 51.8 Å². The van der Waals surface area contributed by atoms with Crippen LogP contribution in [0.15, 0.2) is 18.2 Å². The fraction of sp³-hybridized carbons (Fsp3) is 0.571. The van der Waals surface area contributed by atoms with Gasteiger partial charge in [-0.05, 0) is 36.6 Å². The van der Waals surface area contributed by atoms with Crippen molar-refractivity contribution in [2.24, 2.45) is 5.41 Å². The topological polar surface area (TPSA) is 29.3 Å². The van der Waals surface area contributed by atoms with Gasteiger partial charge in [0.05, 0.1) is 0 Å². The minimum atomic E-state index is 0.345. The van der Waals surface area contributed by atoms with Crippen molar-refractivity contribution < 1.29 is 0 Å². The fourth-order valence-corrected chi connectivity index (χ4v) is 2.01. The summed E-state index contributed by atoms with van der Waals surface area (Å²) >= 11 is 0. The van der Waals surface area contributed by atoms with Crippen LogP contribution in [0.5, 0.6) is 0 Å². The molecule has 2 N–H and O–H groups in total. The molecule has 1 aromatic carbocycles. The van der Waals surface area contributed by atoms with Crippen LogP contribution in [0.25, 0.3) is 0 Å². The minimum Gasteiger partial charge on any atom is -0.399 e. The monoisotopic (exact) mass is 220 g/mol. The van der Waals surface area contributed by atoms with Gasteiger partial charge in [0.15, 0.2) is 0 Å². The predicted molar refractivity (Wildman–Crippen MR) is 71.4 cm³/mol. The molecule has 0 atom stereocenters. The molecule has 0 aliphatic carbocycles. The highest BCUT2D eigenvalue weighted by molar-refractivity contribution is 5.47. The van der Waals surface area contributed by atoms with E-state index < -0.39 is 0 Å². The van der Waals surface area contributed by atoms with Crippen LogP contribution in [0.3, 0.4) is 0 Å². The molecule has 2 nitrogen and oxygen atoms in total. The van der Waals surface area contributed by atoms with Gasteiger partial charge in [-0.25, -0.2) is 0 Å². The van der Waals surface area contributed by atoms with Crippen molar-refractivity contribution in [1.29, 1.82) is 0 Å². The molecule has 0 aliphatic rings. The third-order valence-electron chi connectivity index (χ3n) is 2.53. The highest BCUT2D eigenvalue weighted by Gasteiger charge is 2.13. The van der Waals surface area contributed by atoms with Crippen LogP contribution in [0.4, 0.5) is 5.69 Å². The van der Waals surface area contributed by atoms with Gasteiger partial charge in [0, 0.05) is 18.8 Å². The summed E-state index contributed by atoms with van der Waals surface area (Å²) in [6.45, 7) is 10.9. The normalized spacial score (nSPS) is 12.1. The fourth-order valence-electron chi connectivity index (χ4n) is 2.01. The summed E-state index contributed by atoms with van der Waals surface area (Å²) in [5.74, 6) is 0. The molecule has 0 unspecified atom stereocenters. The SMILES string of the molecule is Cc1cc(CN(C)CC(C)(C)C)ccc1N. The van der Waals surface area contributed by atoms with E-state index in [9.17, 15) is 0 Å². The van der Waals surface area contributed by atoms with E-state index in [1.165, 1.54) is 11.1 Å². The van der Waals surface area contributed by atoms with E-state index in [-0.39, 0.29) is 0 Å². The first-order chi connectivity index (χ1) is 7.28. The van der Waals surface area contributed by atoms with E-state index in [4.69, 9.17) is 5.73 Å². The van der Waals surface area contributed by atoms with Crippen LogP contribution < -0.4 is 5.73 Å². The Morgan fingerprint density at radius 2 is 1.88 bits per heavy atom. The summed E-state index contributed by atoms with van der Waals surface area (Å²) in [7, 11) is 2.16. The maximum Gasteiger partial charge on any atom is 0.0343 e. The zero-order chi connectivity index (χ0) is 12.3. The average Bonchev–Trinajstić information content (AvgIpc) is 2.08. The van der Waals surface area contributed by atoms with Gasteiger partial charge in [-0.1, -0.05) is 32.9 Å². The van der Waals surface area contributed by atoms with Gasteiger partial charge in [0.2, 0.25) is 0 Å². The van der Waals surface area contributed by atoms with Gasteiger partial charge in [-0.3, -0.25) is 0 Å². The largest absolute Gasteiger partial charge is 0.399 e. The van der Waals surface area contributed by atoms with Crippen molar-refractivity contribution in [1.82, 2.24) is 4.90 Å². The van der Waals surface area contributed by atoms with Crippen LogP contribution >= 0.6 is 0 Å². The average molecular weight is 220 g/mol. The van der Waals surface area contributed by atoms with Gasteiger partial charge in [0.1, 0.15) is 0 Å². The number of rotatable bonds is 3. The van der Waals surface area contributed by atoms with E-state index in [0.717, 1.165) is 18.8 Å². The van der Waals surface area contributed by atoms with Crippen LogP contribution in [-0.4, -0.2) is 18.5 Å². The summed E-state index contributed by atoms with van der Waals surface area (Å²) in [6.07, 6.45) is 0. The molecule has 0 aromatic heterocycles. The standard InChI is InChI=1S/C14H24N2/c1-11-8-12(6-7-13(11)15)9-16(5)10-14(2,3)4/h6-8H,9-10,15H2,1-5H3. The number of benzene rings is 1. The van der Waals surface area contributed by atoms with E-state index in [1.54, 1.807) is 0 Å². The summed E-state index contributed by atoms with van der Waals surface area (Å²) in [5.41, 5.74) is 9.53. The van der Waals surface area contributed by atoms with Gasteiger partial charge < -0.3 is 10.6 Å². The quantitative estimate of drug-likeness (QED) is 0.793. The number of aryl methyl sites for hydroxylation is 1. The molecule has 0 aliphatic heterocycles. The van der Waals surface area contributed by atoms with Crippen molar-refractivity contribution in [3.8, 4) is 0 Å². The second-order valence-corrected chi connectivity index (χ2v) is 5.92. The van der Waals surface area contributed by atoms with Crippen molar-refractivity contribution >= 4 is 5.69 Å². The lowest BCUT2D eigenvalue weighted by atomic mass is 9.96. The first kappa shape index (κ1) is 13.0. The maximum atomic E-state index is 5.81. The Hall–Kier alpha value is -1.02. The summed E-state index contributed by atoms with van der Waals surface area (Å²) < 4.78 is 0. The van der Waals surface area contributed by atoms with Crippen molar-refractivity contribution in [3.05, 3.63) is 29.3 Å². The molecule has 16 heavy (non-hydrogen) atoms.